The minimum atomic E-state index is -0.660. The minimum Gasteiger partial charge on any atom is -0.482 e. The summed E-state index contributed by atoms with van der Waals surface area (Å²) in [6.07, 6.45) is 0. The van der Waals surface area contributed by atoms with Crippen LogP contribution in [0, 0.1) is 0 Å². The van der Waals surface area contributed by atoms with E-state index in [-0.39, 0.29) is 12.4 Å². The number of benzene rings is 2. The second-order valence-electron chi connectivity index (χ2n) is 5.09. The molecule has 0 unspecified atom stereocenters. The summed E-state index contributed by atoms with van der Waals surface area (Å²) in [5, 5.41) is 2.56. The molecular formula is C18H16BrNO5. The lowest BCUT2D eigenvalue weighted by molar-refractivity contribution is -0.149. The SMILES string of the molecule is CC(=O)c1cccc(NC(=O)COC(=O)COc2cccc(Br)c2)c1. The van der Waals surface area contributed by atoms with Crippen LogP contribution in [0.3, 0.4) is 0 Å². The molecule has 2 rings (SSSR count). The van der Waals surface area contributed by atoms with Gasteiger partial charge in [0.15, 0.2) is 19.0 Å². The number of ether oxygens (including phenoxy) is 2. The molecule has 0 spiro atoms. The molecule has 0 radical (unpaired) electrons. The van der Waals surface area contributed by atoms with Crippen molar-refractivity contribution in [1.29, 1.82) is 0 Å². The van der Waals surface area contributed by atoms with E-state index in [0.717, 1.165) is 4.47 Å². The lowest BCUT2D eigenvalue weighted by Crippen LogP contribution is -2.23. The zero-order valence-electron chi connectivity index (χ0n) is 13.5. The lowest BCUT2D eigenvalue weighted by atomic mass is 10.1. The van der Waals surface area contributed by atoms with Crippen molar-refractivity contribution in [3.8, 4) is 5.75 Å². The number of hydrogen-bond donors (Lipinski definition) is 1. The summed E-state index contributed by atoms with van der Waals surface area (Å²) in [6.45, 7) is 0.697. The highest BCUT2D eigenvalue weighted by molar-refractivity contribution is 9.10. The molecule has 0 atom stereocenters. The minimum absolute atomic E-state index is 0.104. The van der Waals surface area contributed by atoms with E-state index in [1.807, 2.05) is 6.07 Å². The van der Waals surface area contributed by atoms with Gasteiger partial charge in [0.1, 0.15) is 5.75 Å². The quantitative estimate of drug-likeness (QED) is 0.564. The first-order chi connectivity index (χ1) is 11.9. The summed E-state index contributed by atoms with van der Waals surface area (Å²) in [5.74, 6) is -0.756. The molecule has 0 aromatic heterocycles. The van der Waals surface area contributed by atoms with Crippen LogP contribution in [0.2, 0.25) is 0 Å². The highest BCUT2D eigenvalue weighted by atomic mass is 79.9. The molecule has 0 saturated carbocycles. The molecule has 1 N–H and O–H groups in total. The van der Waals surface area contributed by atoms with E-state index in [0.29, 0.717) is 17.0 Å². The zero-order chi connectivity index (χ0) is 18.2. The maximum Gasteiger partial charge on any atom is 0.344 e. The fourth-order valence-electron chi connectivity index (χ4n) is 1.90. The molecular weight excluding hydrogens is 390 g/mol. The summed E-state index contributed by atoms with van der Waals surface area (Å²) in [6, 6.07) is 13.5. The van der Waals surface area contributed by atoms with Crippen LogP contribution in [0.4, 0.5) is 5.69 Å². The molecule has 0 aliphatic rings. The van der Waals surface area contributed by atoms with Crippen LogP contribution < -0.4 is 10.1 Å². The Labute approximate surface area is 153 Å². The normalized spacial score (nSPS) is 10.0. The summed E-state index contributed by atoms with van der Waals surface area (Å²) in [5.41, 5.74) is 0.941. The van der Waals surface area contributed by atoms with Crippen molar-refractivity contribution < 1.29 is 23.9 Å². The van der Waals surface area contributed by atoms with Gasteiger partial charge in [0.2, 0.25) is 0 Å². The molecule has 6 nitrogen and oxygen atoms in total. The number of ketones is 1. The standard InChI is InChI=1S/C18H16BrNO5/c1-12(21)13-4-2-6-15(8-13)20-17(22)10-25-18(23)11-24-16-7-3-5-14(19)9-16/h2-9H,10-11H2,1H3,(H,20,22). The van der Waals surface area contributed by atoms with Crippen molar-refractivity contribution >= 4 is 39.3 Å². The van der Waals surface area contributed by atoms with Crippen molar-refractivity contribution in [3.05, 3.63) is 58.6 Å². The molecule has 0 bridgehead atoms. The summed E-state index contributed by atoms with van der Waals surface area (Å²) < 4.78 is 10.9. The number of amides is 1. The van der Waals surface area contributed by atoms with E-state index >= 15 is 0 Å². The Kier molecular flexibility index (Phi) is 6.71. The maximum atomic E-state index is 11.8. The van der Waals surface area contributed by atoms with E-state index in [4.69, 9.17) is 9.47 Å². The van der Waals surface area contributed by atoms with Crippen LogP contribution in [0.25, 0.3) is 0 Å². The topological polar surface area (TPSA) is 81.7 Å². The van der Waals surface area contributed by atoms with Crippen molar-refractivity contribution in [2.24, 2.45) is 0 Å². The molecule has 2 aromatic carbocycles. The lowest BCUT2D eigenvalue weighted by Gasteiger charge is -2.08. The van der Waals surface area contributed by atoms with Gasteiger partial charge in [0.25, 0.3) is 5.91 Å². The molecule has 0 saturated heterocycles. The molecule has 7 heteroatoms. The first-order valence-electron chi connectivity index (χ1n) is 7.39. The smallest absolute Gasteiger partial charge is 0.344 e. The Morgan fingerprint density at radius 1 is 1.04 bits per heavy atom. The molecule has 0 fully saturated rings. The Morgan fingerprint density at radius 3 is 2.52 bits per heavy atom. The Bertz CT molecular complexity index is 791. The first kappa shape index (κ1) is 18.7. The fraction of sp³-hybridized carbons (Fsp3) is 0.167. The number of rotatable bonds is 7. The van der Waals surface area contributed by atoms with Gasteiger partial charge in [-0.2, -0.15) is 0 Å². The van der Waals surface area contributed by atoms with Crippen LogP contribution in [-0.2, 0) is 14.3 Å². The van der Waals surface area contributed by atoms with Crippen LogP contribution in [-0.4, -0.2) is 30.9 Å². The monoisotopic (exact) mass is 405 g/mol. The predicted octanol–water partition coefficient (Wildman–Crippen LogP) is 3.21. The van der Waals surface area contributed by atoms with Crippen molar-refractivity contribution in [3.63, 3.8) is 0 Å². The summed E-state index contributed by atoms with van der Waals surface area (Å²) in [4.78, 5) is 34.7. The molecule has 25 heavy (non-hydrogen) atoms. The molecule has 0 heterocycles. The molecule has 0 aliphatic carbocycles. The van der Waals surface area contributed by atoms with Gasteiger partial charge in [0.05, 0.1) is 0 Å². The number of carbonyl (C=O) groups excluding carboxylic acids is 3. The third-order valence-electron chi connectivity index (χ3n) is 3.07. The first-order valence-corrected chi connectivity index (χ1v) is 8.18. The third-order valence-corrected chi connectivity index (χ3v) is 3.56. The zero-order valence-corrected chi connectivity index (χ0v) is 15.0. The Balaban J connectivity index is 1.76. The Morgan fingerprint density at radius 2 is 1.80 bits per heavy atom. The Hall–Kier alpha value is -2.67. The molecule has 0 aliphatic heterocycles. The van der Waals surface area contributed by atoms with Crippen molar-refractivity contribution in [2.75, 3.05) is 18.5 Å². The van der Waals surface area contributed by atoms with Gasteiger partial charge >= 0.3 is 5.97 Å². The number of hydrogen-bond acceptors (Lipinski definition) is 5. The second kappa shape index (κ2) is 8.98. The molecule has 130 valence electrons. The van der Waals surface area contributed by atoms with Crippen LogP contribution >= 0.6 is 15.9 Å². The average molecular weight is 406 g/mol. The number of nitrogens with one attached hydrogen (secondary N) is 1. The number of Topliss-reactive ketones (excluding diaryl/α,β-unsaturated/α-hetero) is 1. The van der Waals surface area contributed by atoms with Gasteiger partial charge in [-0.15, -0.1) is 0 Å². The second-order valence-corrected chi connectivity index (χ2v) is 6.01. The third kappa shape index (κ3) is 6.39. The van der Waals surface area contributed by atoms with E-state index in [2.05, 4.69) is 21.2 Å². The summed E-state index contributed by atoms with van der Waals surface area (Å²) >= 11 is 3.29. The van der Waals surface area contributed by atoms with Crippen LogP contribution in [0.5, 0.6) is 5.75 Å². The molecule has 1 amide bonds. The van der Waals surface area contributed by atoms with Gasteiger partial charge in [-0.05, 0) is 37.3 Å². The van der Waals surface area contributed by atoms with E-state index < -0.39 is 18.5 Å². The number of esters is 1. The van der Waals surface area contributed by atoms with E-state index in [1.54, 1.807) is 42.5 Å². The number of carbonyl (C=O) groups is 3. The number of anilines is 1. The number of halogens is 1. The largest absolute Gasteiger partial charge is 0.482 e. The van der Waals surface area contributed by atoms with Gasteiger partial charge in [-0.25, -0.2) is 4.79 Å². The molecule has 2 aromatic rings. The van der Waals surface area contributed by atoms with Crippen LogP contribution in [0.1, 0.15) is 17.3 Å². The highest BCUT2D eigenvalue weighted by Crippen LogP contribution is 2.17. The van der Waals surface area contributed by atoms with Crippen molar-refractivity contribution in [2.45, 2.75) is 6.92 Å². The maximum absolute atomic E-state index is 11.8. The van der Waals surface area contributed by atoms with Crippen LogP contribution in [0.15, 0.2) is 53.0 Å². The van der Waals surface area contributed by atoms with Gasteiger partial charge < -0.3 is 14.8 Å². The van der Waals surface area contributed by atoms with Gasteiger partial charge in [-0.1, -0.05) is 34.1 Å². The average Bonchev–Trinajstić information content (AvgIpc) is 2.58. The summed E-state index contributed by atoms with van der Waals surface area (Å²) in [7, 11) is 0. The predicted molar refractivity (Wildman–Crippen MR) is 95.7 cm³/mol. The highest BCUT2D eigenvalue weighted by Gasteiger charge is 2.10. The van der Waals surface area contributed by atoms with E-state index in [1.165, 1.54) is 6.92 Å². The fourth-order valence-corrected chi connectivity index (χ4v) is 2.28. The van der Waals surface area contributed by atoms with E-state index in [9.17, 15) is 14.4 Å². The van der Waals surface area contributed by atoms with Gasteiger partial charge in [-0.3, -0.25) is 9.59 Å². The van der Waals surface area contributed by atoms with Crippen molar-refractivity contribution in [1.82, 2.24) is 0 Å². The van der Waals surface area contributed by atoms with Gasteiger partial charge in [0, 0.05) is 15.7 Å².